The van der Waals surface area contributed by atoms with Crippen LogP contribution in [0, 0.1) is 0 Å². The van der Waals surface area contributed by atoms with Gasteiger partial charge in [0, 0.05) is 40.3 Å². The van der Waals surface area contributed by atoms with Crippen molar-refractivity contribution >= 4 is 27.7 Å². The van der Waals surface area contributed by atoms with Crippen molar-refractivity contribution in [1.82, 2.24) is 19.4 Å². The van der Waals surface area contributed by atoms with Gasteiger partial charge in [0.25, 0.3) is 0 Å². The molecule has 0 aromatic heterocycles. The number of likely N-dealkylation sites (N-methyl/N-ethyl adjacent to an activating group) is 1. The summed E-state index contributed by atoms with van der Waals surface area (Å²) in [6.45, 7) is 2.66. The number of nitrogens with one attached hydrogen (secondary N) is 1. The lowest BCUT2D eigenvalue weighted by Crippen LogP contribution is -2.56. The Morgan fingerprint density at radius 2 is 1.70 bits per heavy atom. The molecule has 9 nitrogen and oxygen atoms in total. The topological polar surface area (TPSA) is 107 Å². The van der Waals surface area contributed by atoms with Crippen molar-refractivity contribution in [2.45, 2.75) is 18.4 Å². The summed E-state index contributed by atoms with van der Waals surface area (Å²) in [6.07, 6.45) is 0. The number of hydrogen-bond donors (Lipinski definition) is 1. The van der Waals surface area contributed by atoms with Crippen LogP contribution in [-0.2, 0) is 31.0 Å². The molecule has 1 aromatic carbocycles. The summed E-state index contributed by atoms with van der Waals surface area (Å²) in [5.41, 5.74) is 0.442. The van der Waals surface area contributed by atoms with Gasteiger partial charge in [-0.2, -0.15) is 0 Å². The normalized spacial score (nSPS) is 15.4. The zero-order chi connectivity index (χ0) is 20.2. The summed E-state index contributed by atoms with van der Waals surface area (Å²) in [5, 5.41) is 2.62. The van der Waals surface area contributed by atoms with Crippen molar-refractivity contribution in [3.8, 4) is 0 Å². The molecule has 1 aliphatic heterocycles. The predicted molar refractivity (Wildman–Crippen MR) is 98.0 cm³/mol. The van der Waals surface area contributed by atoms with E-state index in [1.165, 1.54) is 30.0 Å². The highest BCUT2D eigenvalue weighted by Gasteiger charge is 2.32. The van der Waals surface area contributed by atoms with Gasteiger partial charge in [-0.3, -0.25) is 14.4 Å². The number of hydrogen-bond acceptors (Lipinski definition) is 5. The van der Waals surface area contributed by atoms with Crippen molar-refractivity contribution in [3.63, 3.8) is 0 Å². The Balaban J connectivity index is 2.01. The fourth-order valence-corrected chi connectivity index (χ4v) is 3.80. The largest absolute Gasteiger partial charge is 0.350 e. The molecule has 2 rings (SSSR count). The number of carbonyl (C=O) groups is 3. The lowest BCUT2D eigenvalue weighted by Gasteiger charge is -2.32. The number of sulfonamides is 1. The van der Waals surface area contributed by atoms with Gasteiger partial charge in [0.2, 0.25) is 15.9 Å². The monoisotopic (exact) mass is 396 g/mol. The average molecular weight is 396 g/mol. The molecule has 1 N–H and O–H groups in total. The van der Waals surface area contributed by atoms with Crippen LogP contribution in [0.25, 0.3) is 0 Å². The van der Waals surface area contributed by atoms with E-state index in [1.807, 2.05) is 0 Å². The maximum absolute atomic E-state index is 12.4. The Morgan fingerprint density at radius 3 is 2.33 bits per heavy atom. The number of carbonyl (C=O) groups excluding carboxylic acids is 3. The van der Waals surface area contributed by atoms with E-state index in [2.05, 4.69) is 5.32 Å². The first-order chi connectivity index (χ1) is 12.7. The number of rotatable bonds is 7. The van der Waals surface area contributed by atoms with Gasteiger partial charge in [-0.15, -0.1) is 0 Å². The molecule has 148 valence electrons. The van der Waals surface area contributed by atoms with Crippen LogP contribution in [0.15, 0.2) is 29.2 Å². The molecule has 0 radical (unpaired) electrons. The van der Waals surface area contributed by atoms with E-state index >= 15 is 0 Å². The highest BCUT2D eigenvalue weighted by atomic mass is 32.2. The zero-order valence-corrected chi connectivity index (χ0v) is 16.5. The second kappa shape index (κ2) is 8.49. The number of amides is 3. The number of piperazine rings is 1. The Kier molecular flexibility index (Phi) is 6.55. The highest BCUT2D eigenvalue weighted by molar-refractivity contribution is 7.89. The highest BCUT2D eigenvalue weighted by Crippen LogP contribution is 2.18. The van der Waals surface area contributed by atoms with E-state index < -0.39 is 27.7 Å². The zero-order valence-electron chi connectivity index (χ0n) is 15.6. The lowest BCUT2D eigenvalue weighted by atomic mass is 10.2. The predicted octanol–water partition coefficient (Wildman–Crippen LogP) is -0.756. The Morgan fingerprint density at radius 1 is 1.11 bits per heavy atom. The SMILES string of the molecule is CCN1CCN(CC(=O)NCc2ccccc2S(=O)(=O)N(C)C)C(=O)C1=O. The van der Waals surface area contributed by atoms with E-state index in [0.717, 1.165) is 4.31 Å². The van der Waals surface area contributed by atoms with E-state index in [-0.39, 0.29) is 24.5 Å². The molecule has 1 saturated heterocycles. The van der Waals surface area contributed by atoms with Crippen LogP contribution in [0.2, 0.25) is 0 Å². The van der Waals surface area contributed by atoms with Crippen LogP contribution in [0.5, 0.6) is 0 Å². The third-order valence-corrected chi connectivity index (χ3v) is 6.24. The summed E-state index contributed by atoms with van der Waals surface area (Å²) >= 11 is 0. The summed E-state index contributed by atoms with van der Waals surface area (Å²) < 4.78 is 25.8. The molecule has 1 heterocycles. The van der Waals surface area contributed by atoms with Crippen molar-refractivity contribution in [1.29, 1.82) is 0 Å². The molecule has 0 unspecified atom stereocenters. The molecule has 0 spiro atoms. The third-order valence-electron chi connectivity index (χ3n) is 4.32. The van der Waals surface area contributed by atoms with Crippen LogP contribution in [0.4, 0.5) is 0 Å². The number of nitrogens with zero attached hydrogens (tertiary/aromatic N) is 3. The summed E-state index contributed by atoms with van der Waals surface area (Å²) in [7, 11) is -0.773. The second-order valence-corrected chi connectivity index (χ2v) is 8.40. The van der Waals surface area contributed by atoms with E-state index in [9.17, 15) is 22.8 Å². The van der Waals surface area contributed by atoms with Gasteiger partial charge in [-0.25, -0.2) is 12.7 Å². The molecule has 0 aliphatic carbocycles. The molecular weight excluding hydrogens is 372 g/mol. The molecule has 0 saturated carbocycles. The van der Waals surface area contributed by atoms with Gasteiger partial charge in [0.05, 0.1) is 4.90 Å². The van der Waals surface area contributed by atoms with Gasteiger partial charge in [0.15, 0.2) is 0 Å². The Bertz CT molecular complexity index is 837. The first-order valence-corrected chi connectivity index (χ1v) is 9.97. The van der Waals surface area contributed by atoms with E-state index in [1.54, 1.807) is 25.1 Å². The summed E-state index contributed by atoms with van der Waals surface area (Å²) in [4.78, 5) is 38.8. The minimum atomic E-state index is -3.64. The second-order valence-electron chi connectivity index (χ2n) is 6.28. The summed E-state index contributed by atoms with van der Waals surface area (Å²) in [6, 6.07) is 6.38. The van der Waals surface area contributed by atoms with Crippen molar-refractivity contribution in [3.05, 3.63) is 29.8 Å². The third kappa shape index (κ3) is 4.64. The molecule has 1 aromatic rings. The molecule has 27 heavy (non-hydrogen) atoms. The van der Waals surface area contributed by atoms with Crippen LogP contribution in [0.1, 0.15) is 12.5 Å². The first-order valence-electron chi connectivity index (χ1n) is 8.53. The smallest absolute Gasteiger partial charge is 0.312 e. The van der Waals surface area contributed by atoms with Gasteiger partial charge in [-0.05, 0) is 18.6 Å². The maximum Gasteiger partial charge on any atom is 0.312 e. The minimum absolute atomic E-state index is 0.000855. The fourth-order valence-electron chi connectivity index (χ4n) is 2.69. The van der Waals surface area contributed by atoms with Gasteiger partial charge in [0.1, 0.15) is 6.54 Å². The fraction of sp³-hybridized carbons (Fsp3) is 0.471. The van der Waals surface area contributed by atoms with Crippen molar-refractivity contribution in [2.24, 2.45) is 0 Å². The average Bonchev–Trinajstić information content (AvgIpc) is 2.64. The summed E-state index contributed by atoms with van der Waals surface area (Å²) in [5.74, 6) is -1.77. The quantitative estimate of drug-likeness (QED) is 0.610. The van der Waals surface area contributed by atoms with Crippen LogP contribution >= 0.6 is 0 Å². The maximum atomic E-state index is 12.4. The molecule has 10 heteroatoms. The molecule has 0 atom stereocenters. The lowest BCUT2D eigenvalue weighted by molar-refractivity contribution is -0.156. The standard InChI is InChI=1S/C17H24N4O5S/c1-4-20-9-10-21(17(24)16(20)23)12-15(22)18-11-13-7-5-6-8-14(13)27(25,26)19(2)3/h5-8H,4,9-12H2,1-3H3,(H,18,22). The number of benzene rings is 1. The van der Waals surface area contributed by atoms with Crippen LogP contribution < -0.4 is 5.32 Å². The van der Waals surface area contributed by atoms with Crippen LogP contribution in [-0.4, -0.2) is 80.5 Å². The molecule has 3 amide bonds. The van der Waals surface area contributed by atoms with E-state index in [0.29, 0.717) is 18.7 Å². The van der Waals surface area contributed by atoms with Gasteiger partial charge < -0.3 is 15.1 Å². The Labute approximate surface area is 159 Å². The van der Waals surface area contributed by atoms with E-state index in [4.69, 9.17) is 0 Å². The minimum Gasteiger partial charge on any atom is -0.350 e. The van der Waals surface area contributed by atoms with Crippen molar-refractivity contribution < 1.29 is 22.8 Å². The van der Waals surface area contributed by atoms with Gasteiger partial charge in [-0.1, -0.05) is 18.2 Å². The molecule has 1 aliphatic rings. The van der Waals surface area contributed by atoms with Crippen LogP contribution in [0.3, 0.4) is 0 Å². The molecule has 0 bridgehead atoms. The molecule has 1 fully saturated rings. The molecular formula is C17H24N4O5S. The van der Waals surface area contributed by atoms with Crippen molar-refractivity contribution in [2.75, 3.05) is 40.3 Å². The van der Waals surface area contributed by atoms with Gasteiger partial charge >= 0.3 is 11.8 Å². The Hall–Kier alpha value is -2.46. The first kappa shape index (κ1) is 20.8.